The molecule has 1 N–H and O–H groups in total. The molecule has 0 spiro atoms. The summed E-state index contributed by atoms with van der Waals surface area (Å²) in [4.78, 5) is 69.2. The van der Waals surface area contributed by atoms with Crippen LogP contribution in [-0.2, 0) is 32.5 Å². The molecule has 2 aliphatic rings. The predicted molar refractivity (Wildman–Crippen MR) is 327 cm³/mol. The third kappa shape index (κ3) is 17.8. The number of fused-ring (bicyclic) bond motifs is 2. The summed E-state index contributed by atoms with van der Waals surface area (Å²) in [5.74, 6) is 0.299. The second-order valence-electron chi connectivity index (χ2n) is 24.2. The van der Waals surface area contributed by atoms with Crippen molar-refractivity contribution < 1.29 is 45.7 Å². The van der Waals surface area contributed by atoms with Gasteiger partial charge in [-0.2, -0.15) is 0 Å². The Labute approximate surface area is 505 Å². The third-order valence-electron chi connectivity index (χ3n) is 12.8. The maximum atomic E-state index is 14.8. The lowest BCUT2D eigenvalue weighted by Gasteiger charge is -2.45. The number of alkyl halides is 1. The number of amides is 2. The lowest BCUT2D eigenvalue weighted by Crippen LogP contribution is -2.55. The molecule has 0 fully saturated rings. The quantitative estimate of drug-likeness (QED) is 0.0611. The van der Waals surface area contributed by atoms with Crippen molar-refractivity contribution in [1.29, 1.82) is 0 Å². The van der Waals surface area contributed by atoms with Gasteiger partial charge in [0, 0.05) is 75.2 Å². The Hall–Kier alpha value is -6.85. The summed E-state index contributed by atoms with van der Waals surface area (Å²) in [6.45, 7) is 28.1. The molecule has 0 unspecified atom stereocenters. The number of benzene rings is 2. The number of rotatable bonds is 14. The van der Waals surface area contributed by atoms with Crippen molar-refractivity contribution in [2.75, 3.05) is 24.7 Å². The number of carbonyl (C=O) groups is 2. The number of H-pyrrole nitrogens is 1. The number of nitrogens with zero attached hydrogens (tertiary/aromatic N) is 7. The Morgan fingerprint density at radius 3 is 1.46 bits per heavy atom. The van der Waals surface area contributed by atoms with E-state index in [9.17, 15) is 36.4 Å². The summed E-state index contributed by atoms with van der Waals surface area (Å²) in [6, 6.07) is 16.0. The Kier molecular flexibility index (Phi) is 22.2. The van der Waals surface area contributed by atoms with E-state index in [-0.39, 0.29) is 86.8 Å². The van der Waals surface area contributed by atoms with Crippen LogP contribution >= 0.6 is 28.1 Å². The number of nitrogens with one attached hydrogen (secondary N) is 1. The van der Waals surface area contributed by atoms with Gasteiger partial charge in [-0.1, -0.05) is 35.5 Å². The monoisotopic (exact) mass is 1260 g/mol. The first-order valence-corrected chi connectivity index (χ1v) is 30.2. The molecule has 2 aliphatic heterocycles. The van der Waals surface area contributed by atoms with E-state index in [2.05, 4.69) is 77.4 Å². The van der Waals surface area contributed by atoms with E-state index in [4.69, 9.17) is 31.2 Å². The van der Waals surface area contributed by atoms with E-state index in [1.54, 1.807) is 54.4 Å². The third-order valence-corrected chi connectivity index (χ3v) is 15.1. The fourth-order valence-electron chi connectivity index (χ4n) is 10.2. The number of sulfone groups is 1. The van der Waals surface area contributed by atoms with Crippen LogP contribution in [0.1, 0.15) is 139 Å². The number of hydrogen-bond donors (Lipinski definition) is 1. The zero-order chi connectivity index (χ0) is 61.6. The topological polar surface area (TPSA) is 210 Å². The minimum absolute atomic E-state index is 0. The Morgan fingerprint density at radius 1 is 0.631 bits per heavy atom. The van der Waals surface area contributed by atoms with Gasteiger partial charge in [0.05, 0.1) is 30.2 Å². The highest BCUT2D eigenvalue weighted by molar-refractivity contribution is 9.09. The maximum absolute atomic E-state index is 14.8. The molecule has 18 nitrogen and oxygen atoms in total. The predicted octanol–water partition coefficient (Wildman–Crippen LogP) is 11.9. The van der Waals surface area contributed by atoms with Gasteiger partial charge in [-0.05, 0) is 182 Å². The number of carbonyl (C=O) groups excluding carboxylic acids is 2. The Morgan fingerprint density at radius 2 is 1.05 bits per heavy atom. The maximum Gasteiger partial charge on any atom is 0.286 e. The minimum Gasteiger partial charge on any atom is -0.454 e. The molecule has 2 aromatic carbocycles. The van der Waals surface area contributed by atoms with Gasteiger partial charge in [0.1, 0.15) is 0 Å². The van der Waals surface area contributed by atoms with Crippen LogP contribution < -0.4 is 30.1 Å². The zero-order valence-corrected chi connectivity index (χ0v) is 52.9. The fourth-order valence-corrected chi connectivity index (χ4v) is 12.0. The van der Waals surface area contributed by atoms with Crippen molar-refractivity contribution in [3.05, 3.63) is 133 Å². The molecule has 84 heavy (non-hydrogen) atoms. The van der Waals surface area contributed by atoms with Crippen LogP contribution in [0.3, 0.4) is 0 Å². The van der Waals surface area contributed by atoms with E-state index >= 15 is 0 Å². The number of pyridine rings is 2. The van der Waals surface area contributed by atoms with Crippen molar-refractivity contribution in [3.8, 4) is 45.5 Å². The first-order chi connectivity index (χ1) is 38.5. The molecular formula is C61H79BrF2N8O10S2. The summed E-state index contributed by atoms with van der Waals surface area (Å²) in [5.41, 5.74) is 1.37. The molecule has 0 saturated heterocycles. The lowest BCUT2D eigenvalue weighted by atomic mass is 9.95. The molecule has 6 heterocycles. The van der Waals surface area contributed by atoms with Crippen LogP contribution in [-0.4, -0.2) is 106 Å². The van der Waals surface area contributed by atoms with Crippen LogP contribution in [0.15, 0.2) is 87.8 Å². The average molecular weight is 1270 g/mol. The van der Waals surface area contributed by atoms with Crippen LogP contribution in [0.4, 0.5) is 8.78 Å². The van der Waals surface area contributed by atoms with E-state index < -0.39 is 48.8 Å². The molecule has 23 heteroatoms. The number of hydrogen-bond acceptors (Lipinski definition) is 14. The van der Waals surface area contributed by atoms with Crippen molar-refractivity contribution in [2.45, 2.75) is 170 Å². The molecule has 0 radical (unpaired) electrons. The first kappa shape index (κ1) is 67.9. The van der Waals surface area contributed by atoms with Crippen molar-refractivity contribution in [3.63, 3.8) is 0 Å². The highest BCUT2D eigenvalue weighted by Crippen LogP contribution is 2.35. The normalized spacial score (nSPS) is 12.8. The number of aryl methyl sites for hydroxylation is 2. The number of halogens is 3. The Bertz CT molecular complexity index is 3630. The summed E-state index contributed by atoms with van der Waals surface area (Å²) < 4.78 is 79.6. The Balaban J connectivity index is 0.000000260. The van der Waals surface area contributed by atoms with E-state index in [0.717, 1.165) is 29.1 Å². The largest absolute Gasteiger partial charge is 0.454 e. The van der Waals surface area contributed by atoms with E-state index in [1.165, 1.54) is 27.5 Å². The summed E-state index contributed by atoms with van der Waals surface area (Å²) >= 11 is 8.43. The van der Waals surface area contributed by atoms with Gasteiger partial charge in [-0.15, -0.1) is 0 Å². The molecule has 0 atom stereocenters. The van der Waals surface area contributed by atoms with Crippen LogP contribution in [0, 0.1) is 30.3 Å². The van der Waals surface area contributed by atoms with Gasteiger partial charge < -0.3 is 42.9 Å². The SMILES string of the molecule is C.CC(C)(C)N(C(=O)CCCBr)C(C)(C)C.Cc1cc(-c2cc(F)c(=O)n(Cc3ccc4c(c3)OCO4)c2)nc(=S)[nH]1.Cc1cc(-c2cc(F)c(=O)n(Cc3ccc4c(c3)OCO4)c2)nc(S(=O)(=O)CCCC(=O)N(C(C)(C)C)C(C)(C)C)n1. The average Bonchev–Trinajstić information content (AvgIpc) is 3.99. The molecule has 0 saturated carbocycles. The van der Waals surface area contributed by atoms with Crippen LogP contribution in [0.2, 0.25) is 0 Å². The highest BCUT2D eigenvalue weighted by atomic mass is 79.9. The number of aromatic amines is 1. The summed E-state index contributed by atoms with van der Waals surface area (Å²) in [7, 11) is -3.97. The van der Waals surface area contributed by atoms with Gasteiger partial charge in [0.25, 0.3) is 11.1 Å². The molecule has 2 amide bonds. The summed E-state index contributed by atoms with van der Waals surface area (Å²) in [5, 5.41) is 0.475. The second kappa shape index (κ2) is 27.5. The van der Waals surface area contributed by atoms with Gasteiger partial charge in [0.15, 0.2) is 39.4 Å². The molecule has 4 aromatic heterocycles. The smallest absolute Gasteiger partial charge is 0.286 e. The van der Waals surface area contributed by atoms with Crippen molar-refractivity contribution >= 4 is 49.8 Å². The van der Waals surface area contributed by atoms with Crippen LogP contribution in [0.5, 0.6) is 23.0 Å². The standard InChI is InChI=1S/C30H37FN4O6S.C18H14FN3O3S.C12H24BrNO.CH4/c1-19-13-23(21-15-22(31)27(37)34(17-21)16-20-10-11-24-25(14-20)41-18-40-24)33-28(32-19)42(38,39)12-8-9-26(36)35(29(2,3)4)30(5,6)7;1-10-4-14(21-18(26)20-10)12-6-13(19)17(23)22(8-12)7-11-2-3-15-16(5-11)25-9-24-15;1-11(2,3)14(12(4,5)6)10(15)8-7-9-13;/h10-11,13-15,17H,8-9,12,16,18H2,1-7H3;2-6,8H,7,9H2,1H3,(H,20,21,26);7-9H2,1-6H3;1H4. The van der Waals surface area contributed by atoms with E-state index in [0.29, 0.717) is 56.7 Å². The van der Waals surface area contributed by atoms with Crippen molar-refractivity contribution in [2.24, 2.45) is 0 Å². The molecule has 0 bridgehead atoms. The van der Waals surface area contributed by atoms with Gasteiger partial charge in [-0.3, -0.25) is 19.2 Å². The van der Waals surface area contributed by atoms with Gasteiger partial charge >= 0.3 is 0 Å². The fraction of sp³-hybridized carbons (Fsp3) is 0.475. The highest BCUT2D eigenvalue weighted by Gasteiger charge is 2.36. The molecule has 8 rings (SSSR count). The van der Waals surface area contributed by atoms with Gasteiger partial charge in [0.2, 0.25) is 40.4 Å². The molecule has 0 aliphatic carbocycles. The van der Waals surface area contributed by atoms with Gasteiger partial charge in [-0.25, -0.2) is 32.2 Å². The lowest BCUT2D eigenvalue weighted by molar-refractivity contribution is -0.143. The second-order valence-corrected chi connectivity index (χ2v) is 27.4. The molecule has 456 valence electrons. The van der Waals surface area contributed by atoms with Crippen LogP contribution in [0.25, 0.3) is 22.5 Å². The number of ether oxygens (including phenoxy) is 4. The minimum atomic E-state index is -3.97. The summed E-state index contributed by atoms with van der Waals surface area (Å²) in [6.07, 6.45) is 4.67. The van der Waals surface area contributed by atoms with Crippen molar-refractivity contribution in [1.82, 2.24) is 38.9 Å². The number of aromatic nitrogens is 6. The van der Waals surface area contributed by atoms with E-state index in [1.807, 2.05) is 59.4 Å². The molecular weight excluding hydrogens is 1190 g/mol. The molecule has 6 aromatic rings. The first-order valence-electron chi connectivity index (χ1n) is 27.0. The zero-order valence-electron chi connectivity index (χ0n) is 49.7.